The van der Waals surface area contributed by atoms with Crippen molar-refractivity contribution >= 4 is 17.2 Å². The predicted octanol–water partition coefficient (Wildman–Crippen LogP) is 2.83. The Balaban J connectivity index is 1.71. The van der Waals surface area contributed by atoms with E-state index in [9.17, 15) is 9.90 Å². The molecule has 1 atom stereocenters. The highest BCUT2D eigenvalue weighted by molar-refractivity contribution is 7.13. The lowest BCUT2D eigenvalue weighted by atomic mass is 10.0. The highest BCUT2D eigenvalue weighted by Crippen LogP contribution is 2.36. The average Bonchev–Trinajstić information content (AvgIpc) is 3.42. The molecule has 1 amide bonds. The number of aliphatic hydroxyl groups excluding tert-OH is 2. The van der Waals surface area contributed by atoms with E-state index in [1.807, 2.05) is 0 Å². The summed E-state index contributed by atoms with van der Waals surface area (Å²) in [6.07, 6.45) is 0.0711. The van der Waals surface area contributed by atoms with Gasteiger partial charge in [0.15, 0.2) is 0 Å². The second-order valence-corrected chi connectivity index (χ2v) is 8.90. The van der Waals surface area contributed by atoms with Crippen molar-refractivity contribution in [3.63, 3.8) is 0 Å². The molecule has 3 rings (SSSR count). The third-order valence-electron chi connectivity index (χ3n) is 4.92. The standard InChI is InChI=1S/C23H29N3O6S/c1-13(2)7-15-12-33-21(14(15)3)23-25-22(26-32-23)18-6-5-17(8-19(18)30-4)31-11-16(28)9-24-20(29)10-27/h5-6,8,12-13,16,27-28H,7,9-11H2,1-4H3,(H,24,29). The molecule has 3 N–H and O–H groups in total. The maximum Gasteiger partial charge on any atom is 0.268 e. The number of carbonyl (C=O) groups is 1. The number of hydrogen-bond acceptors (Lipinski definition) is 9. The van der Waals surface area contributed by atoms with Crippen molar-refractivity contribution in [1.29, 1.82) is 0 Å². The first-order valence-electron chi connectivity index (χ1n) is 10.6. The zero-order chi connectivity index (χ0) is 24.0. The molecule has 1 unspecified atom stereocenters. The quantitative estimate of drug-likeness (QED) is 0.386. The summed E-state index contributed by atoms with van der Waals surface area (Å²) >= 11 is 1.60. The Morgan fingerprint density at radius 2 is 2.12 bits per heavy atom. The molecule has 0 spiro atoms. The molecule has 3 aromatic rings. The van der Waals surface area contributed by atoms with Gasteiger partial charge in [-0.2, -0.15) is 4.98 Å². The predicted molar refractivity (Wildman–Crippen MR) is 124 cm³/mol. The fourth-order valence-corrected chi connectivity index (χ4v) is 4.24. The van der Waals surface area contributed by atoms with E-state index in [1.54, 1.807) is 29.5 Å². The lowest BCUT2D eigenvalue weighted by Gasteiger charge is -2.14. The second kappa shape index (κ2) is 11.3. The van der Waals surface area contributed by atoms with Crippen LogP contribution < -0.4 is 14.8 Å². The Morgan fingerprint density at radius 3 is 2.82 bits per heavy atom. The summed E-state index contributed by atoms with van der Waals surface area (Å²) in [5, 5.41) is 27.3. The first kappa shape index (κ1) is 24.7. The Kier molecular flexibility index (Phi) is 8.43. The molecule has 10 heteroatoms. The van der Waals surface area contributed by atoms with E-state index in [0.717, 1.165) is 16.9 Å². The number of methoxy groups -OCH3 is 1. The molecule has 9 nitrogen and oxygen atoms in total. The summed E-state index contributed by atoms with van der Waals surface area (Å²) in [4.78, 5) is 16.6. The number of aromatic nitrogens is 2. The van der Waals surface area contributed by atoms with Crippen LogP contribution >= 0.6 is 11.3 Å². The van der Waals surface area contributed by atoms with Crippen molar-refractivity contribution in [2.45, 2.75) is 33.3 Å². The maximum atomic E-state index is 11.1. The van der Waals surface area contributed by atoms with Gasteiger partial charge in [0.2, 0.25) is 11.7 Å². The molecule has 2 heterocycles. The van der Waals surface area contributed by atoms with Crippen molar-refractivity contribution in [3.05, 3.63) is 34.7 Å². The molecule has 2 aromatic heterocycles. The van der Waals surface area contributed by atoms with Crippen molar-refractivity contribution in [1.82, 2.24) is 15.5 Å². The molecule has 0 bridgehead atoms. The SMILES string of the molecule is COc1cc(OCC(O)CNC(=O)CO)ccc1-c1noc(-c2scc(CC(C)C)c2C)n1. The van der Waals surface area contributed by atoms with Gasteiger partial charge in [0.25, 0.3) is 5.89 Å². The van der Waals surface area contributed by atoms with Crippen LogP contribution in [-0.2, 0) is 11.2 Å². The van der Waals surface area contributed by atoms with Crippen LogP contribution in [0.1, 0.15) is 25.0 Å². The third kappa shape index (κ3) is 6.31. The minimum absolute atomic E-state index is 0.0265. The highest BCUT2D eigenvalue weighted by atomic mass is 32.1. The van der Waals surface area contributed by atoms with Crippen molar-refractivity contribution < 1.29 is 29.0 Å². The van der Waals surface area contributed by atoms with E-state index in [1.165, 1.54) is 12.7 Å². The van der Waals surface area contributed by atoms with Crippen LogP contribution in [0.3, 0.4) is 0 Å². The van der Waals surface area contributed by atoms with Gasteiger partial charge in [0, 0.05) is 12.6 Å². The molecule has 0 saturated heterocycles. The molecule has 33 heavy (non-hydrogen) atoms. The number of nitrogens with one attached hydrogen (secondary N) is 1. The van der Waals surface area contributed by atoms with Crippen LogP contribution in [0.2, 0.25) is 0 Å². The summed E-state index contributed by atoms with van der Waals surface area (Å²) in [5.41, 5.74) is 3.10. The number of aliphatic hydroxyl groups is 2. The zero-order valence-corrected chi connectivity index (χ0v) is 19.9. The van der Waals surface area contributed by atoms with E-state index >= 15 is 0 Å². The van der Waals surface area contributed by atoms with E-state index < -0.39 is 18.6 Å². The van der Waals surface area contributed by atoms with Gasteiger partial charge in [-0.05, 0) is 47.9 Å². The van der Waals surface area contributed by atoms with E-state index in [2.05, 4.69) is 41.6 Å². The molecule has 1 aromatic carbocycles. The molecule has 0 aliphatic carbocycles. The van der Waals surface area contributed by atoms with Crippen LogP contribution in [0.4, 0.5) is 0 Å². The molecule has 0 fully saturated rings. The fraction of sp³-hybridized carbons (Fsp3) is 0.435. The third-order valence-corrected chi connectivity index (χ3v) is 6.04. The molecule has 0 aliphatic heterocycles. The van der Waals surface area contributed by atoms with Gasteiger partial charge >= 0.3 is 0 Å². The monoisotopic (exact) mass is 475 g/mol. The van der Waals surface area contributed by atoms with Crippen molar-refractivity contribution in [3.8, 4) is 33.7 Å². The Hall–Kier alpha value is -2.95. The molecule has 0 radical (unpaired) electrons. The first-order valence-corrected chi connectivity index (χ1v) is 11.5. The number of rotatable bonds is 11. The summed E-state index contributed by atoms with van der Waals surface area (Å²) in [5.74, 6) is 1.84. The second-order valence-electron chi connectivity index (χ2n) is 8.03. The Morgan fingerprint density at radius 1 is 1.33 bits per heavy atom. The van der Waals surface area contributed by atoms with Gasteiger partial charge in [-0.15, -0.1) is 11.3 Å². The van der Waals surface area contributed by atoms with E-state index in [4.69, 9.17) is 19.1 Å². The summed E-state index contributed by atoms with van der Waals surface area (Å²) in [7, 11) is 1.53. The molecule has 0 saturated carbocycles. The van der Waals surface area contributed by atoms with Crippen LogP contribution in [0, 0.1) is 12.8 Å². The van der Waals surface area contributed by atoms with E-state index in [0.29, 0.717) is 34.7 Å². The Labute approximate surface area is 196 Å². The van der Waals surface area contributed by atoms with Crippen LogP contribution in [0.5, 0.6) is 11.5 Å². The molecular formula is C23H29N3O6S. The molecule has 0 aliphatic rings. The van der Waals surface area contributed by atoms with Gasteiger partial charge in [0.05, 0.1) is 17.6 Å². The topological polar surface area (TPSA) is 127 Å². The number of benzene rings is 1. The van der Waals surface area contributed by atoms with Crippen LogP contribution in [0.15, 0.2) is 28.1 Å². The number of carbonyl (C=O) groups excluding carboxylic acids is 1. The minimum Gasteiger partial charge on any atom is -0.496 e. The van der Waals surface area contributed by atoms with Gasteiger partial charge in [-0.1, -0.05) is 19.0 Å². The first-order chi connectivity index (χ1) is 15.8. The van der Waals surface area contributed by atoms with Crippen LogP contribution in [0.25, 0.3) is 22.2 Å². The molecule has 178 valence electrons. The summed E-state index contributed by atoms with van der Waals surface area (Å²) in [6.45, 7) is 5.76. The lowest BCUT2D eigenvalue weighted by Crippen LogP contribution is -2.36. The summed E-state index contributed by atoms with van der Waals surface area (Å²) < 4.78 is 16.6. The number of hydrogen-bond donors (Lipinski definition) is 3. The lowest BCUT2D eigenvalue weighted by molar-refractivity contribution is -0.124. The summed E-state index contributed by atoms with van der Waals surface area (Å²) in [6, 6.07) is 5.14. The largest absolute Gasteiger partial charge is 0.496 e. The van der Waals surface area contributed by atoms with Gasteiger partial charge in [-0.3, -0.25) is 4.79 Å². The highest BCUT2D eigenvalue weighted by Gasteiger charge is 2.19. The van der Waals surface area contributed by atoms with Crippen molar-refractivity contribution in [2.24, 2.45) is 5.92 Å². The Bertz CT molecular complexity index is 1080. The van der Waals surface area contributed by atoms with Gasteiger partial charge in [-0.25, -0.2) is 0 Å². The van der Waals surface area contributed by atoms with Gasteiger partial charge in [0.1, 0.15) is 30.8 Å². The molecular weight excluding hydrogens is 446 g/mol. The van der Waals surface area contributed by atoms with Crippen molar-refractivity contribution in [2.75, 3.05) is 26.9 Å². The minimum atomic E-state index is -0.930. The number of thiophene rings is 1. The maximum absolute atomic E-state index is 11.1. The average molecular weight is 476 g/mol. The normalized spacial score (nSPS) is 12.1. The van der Waals surface area contributed by atoms with Gasteiger partial charge < -0.3 is 29.5 Å². The number of amides is 1. The fourth-order valence-electron chi connectivity index (χ4n) is 3.21. The number of nitrogens with zero attached hydrogens (tertiary/aromatic N) is 2. The zero-order valence-electron chi connectivity index (χ0n) is 19.1. The smallest absolute Gasteiger partial charge is 0.268 e. The number of ether oxygens (including phenoxy) is 2. The van der Waals surface area contributed by atoms with Crippen LogP contribution in [-0.4, -0.2) is 59.2 Å². The van der Waals surface area contributed by atoms with E-state index in [-0.39, 0.29) is 13.2 Å².